The van der Waals surface area contributed by atoms with E-state index < -0.39 is 11.6 Å². The van der Waals surface area contributed by atoms with Crippen molar-refractivity contribution in [1.82, 2.24) is 0 Å². The summed E-state index contributed by atoms with van der Waals surface area (Å²) in [7, 11) is 0. The average Bonchev–Trinajstić information content (AvgIpc) is 3.31. The highest BCUT2D eigenvalue weighted by molar-refractivity contribution is 6.05. The minimum atomic E-state index is -0.569. The lowest BCUT2D eigenvalue weighted by Gasteiger charge is -2.09. The monoisotopic (exact) mass is 374 g/mol. The highest BCUT2D eigenvalue weighted by atomic mass is 19.1. The van der Waals surface area contributed by atoms with Gasteiger partial charge in [-0.15, -0.1) is 0 Å². The van der Waals surface area contributed by atoms with Crippen molar-refractivity contribution in [2.75, 3.05) is 13.2 Å². The summed E-state index contributed by atoms with van der Waals surface area (Å²) < 4.78 is 46.4. The first-order valence-electron chi connectivity index (χ1n) is 9.75. The molecule has 1 saturated heterocycles. The number of ether oxygens (including phenoxy) is 2. The van der Waals surface area contributed by atoms with Gasteiger partial charge in [0.25, 0.3) is 0 Å². The van der Waals surface area contributed by atoms with Crippen LogP contribution in [0.3, 0.4) is 0 Å². The third-order valence-electron chi connectivity index (χ3n) is 5.25. The first-order chi connectivity index (χ1) is 13.2. The number of fused-ring (bicyclic) bond motifs is 3. The highest BCUT2D eigenvalue weighted by Gasteiger charge is 2.21. The van der Waals surface area contributed by atoms with E-state index in [1.165, 1.54) is 0 Å². The molecule has 27 heavy (non-hydrogen) atoms. The SMILES string of the molecule is CCCCOc1ccc2c(oc3c(F)c(CCC4CCCO4)ccc32)c1F. The van der Waals surface area contributed by atoms with Gasteiger partial charge in [-0.05, 0) is 55.9 Å². The van der Waals surface area contributed by atoms with Gasteiger partial charge in [-0.2, -0.15) is 4.39 Å². The molecule has 0 bridgehead atoms. The molecule has 1 aliphatic rings. The van der Waals surface area contributed by atoms with Gasteiger partial charge in [0.15, 0.2) is 22.7 Å². The summed E-state index contributed by atoms with van der Waals surface area (Å²) in [6, 6.07) is 6.90. The van der Waals surface area contributed by atoms with Crippen molar-refractivity contribution < 1.29 is 22.7 Å². The Bertz CT molecular complexity index is 942. The molecule has 1 unspecified atom stereocenters. The molecule has 0 saturated carbocycles. The fourth-order valence-corrected chi connectivity index (χ4v) is 3.68. The molecule has 3 nitrogen and oxygen atoms in total. The summed E-state index contributed by atoms with van der Waals surface area (Å²) >= 11 is 0. The van der Waals surface area contributed by atoms with Crippen molar-refractivity contribution >= 4 is 21.9 Å². The zero-order valence-electron chi connectivity index (χ0n) is 15.5. The third kappa shape index (κ3) is 3.53. The number of furan rings is 1. The van der Waals surface area contributed by atoms with Gasteiger partial charge >= 0.3 is 0 Å². The van der Waals surface area contributed by atoms with E-state index in [0.717, 1.165) is 38.7 Å². The van der Waals surface area contributed by atoms with E-state index in [2.05, 4.69) is 0 Å². The lowest BCUT2D eigenvalue weighted by atomic mass is 10.0. The minimum absolute atomic E-state index is 0.0502. The molecular formula is C22H24F2O3. The molecule has 3 aromatic rings. The molecule has 0 spiro atoms. The van der Waals surface area contributed by atoms with E-state index in [-0.39, 0.29) is 23.0 Å². The normalized spacial score (nSPS) is 17.2. The molecule has 1 fully saturated rings. The van der Waals surface area contributed by atoms with Gasteiger partial charge < -0.3 is 13.9 Å². The van der Waals surface area contributed by atoms with Gasteiger partial charge in [-0.3, -0.25) is 0 Å². The molecule has 0 amide bonds. The first kappa shape index (κ1) is 18.2. The van der Waals surface area contributed by atoms with Crippen LogP contribution in [0.15, 0.2) is 28.7 Å². The smallest absolute Gasteiger partial charge is 0.208 e. The molecule has 0 N–H and O–H groups in total. The second kappa shape index (κ2) is 7.85. The Labute approximate surface area is 157 Å². The third-order valence-corrected chi connectivity index (χ3v) is 5.25. The number of hydrogen-bond donors (Lipinski definition) is 0. The number of halogens is 2. The van der Waals surface area contributed by atoms with Crippen molar-refractivity contribution in [3.63, 3.8) is 0 Å². The largest absolute Gasteiger partial charge is 0.490 e. The topological polar surface area (TPSA) is 31.6 Å². The zero-order chi connectivity index (χ0) is 18.8. The van der Waals surface area contributed by atoms with Crippen molar-refractivity contribution in [3.05, 3.63) is 41.5 Å². The highest BCUT2D eigenvalue weighted by Crippen LogP contribution is 2.36. The Hall–Kier alpha value is -2.14. The molecule has 4 rings (SSSR count). The van der Waals surface area contributed by atoms with E-state index in [9.17, 15) is 8.78 Å². The Morgan fingerprint density at radius 3 is 2.59 bits per heavy atom. The lowest BCUT2D eigenvalue weighted by molar-refractivity contribution is 0.104. The molecule has 5 heteroatoms. The van der Waals surface area contributed by atoms with Crippen LogP contribution in [-0.4, -0.2) is 19.3 Å². The van der Waals surface area contributed by atoms with Crippen LogP contribution in [0.4, 0.5) is 8.78 Å². The van der Waals surface area contributed by atoms with Crippen molar-refractivity contribution in [1.29, 1.82) is 0 Å². The van der Waals surface area contributed by atoms with Crippen LogP contribution in [0, 0.1) is 11.6 Å². The Morgan fingerprint density at radius 2 is 1.85 bits per heavy atom. The molecule has 0 aliphatic carbocycles. The van der Waals surface area contributed by atoms with Gasteiger partial charge in [-0.1, -0.05) is 19.4 Å². The van der Waals surface area contributed by atoms with E-state index in [0.29, 0.717) is 29.4 Å². The van der Waals surface area contributed by atoms with Gasteiger partial charge in [-0.25, -0.2) is 4.39 Å². The maximum absolute atomic E-state index is 15.0. The maximum atomic E-state index is 15.0. The summed E-state index contributed by atoms with van der Waals surface area (Å²) in [5.41, 5.74) is 0.741. The molecule has 1 aromatic heterocycles. The Morgan fingerprint density at radius 1 is 1.07 bits per heavy atom. The molecule has 0 radical (unpaired) electrons. The number of rotatable bonds is 7. The first-order valence-corrected chi connectivity index (χ1v) is 9.75. The standard InChI is InChI=1S/C22H24F2O3/c1-2-3-12-26-18-11-10-17-16-9-7-14(6-8-15-5-4-13-25-15)19(23)21(16)27-22(17)20(18)24/h7,9-11,15H,2-6,8,12-13H2,1H3. The van der Waals surface area contributed by atoms with Crippen LogP contribution in [-0.2, 0) is 11.2 Å². The quantitative estimate of drug-likeness (QED) is 0.465. The summed E-state index contributed by atoms with van der Waals surface area (Å²) in [4.78, 5) is 0. The van der Waals surface area contributed by atoms with Crippen LogP contribution >= 0.6 is 0 Å². The summed E-state index contributed by atoms with van der Waals surface area (Å²) in [5.74, 6) is -0.830. The second-order valence-corrected chi connectivity index (χ2v) is 7.15. The van der Waals surface area contributed by atoms with E-state index in [1.807, 2.05) is 13.0 Å². The van der Waals surface area contributed by atoms with Gasteiger partial charge in [0.1, 0.15) is 0 Å². The number of benzene rings is 2. The van der Waals surface area contributed by atoms with Gasteiger partial charge in [0, 0.05) is 17.4 Å². The predicted molar refractivity (Wildman–Crippen MR) is 101 cm³/mol. The van der Waals surface area contributed by atoms with Gasteiger partial charge in [0.05, 0.1) is 12.7 Å². The molecular weight excluding hydrogens is 350 g/mol. The fourth-order valence-electron chi connectivity index (χ4n) is 3.68. The average molecular weight is 374 g/mol. The van der Waals surface area contributed by atoms with Crippen LogP contribution in [0.1, 0.15) is 44.6 Å². The van der Waals surface area contributed by atoms with E-state index in [4.69, 9.17) is 13.9 Å². The zero-order valence-corrected chi connectivity index (χ0v) is 15.5. The van der Waals surface area contributed by atoms with E-state index >= 15 is 0 Å². The number of aryl methyl sites for hydroxylation is 1. The van der Waals surface area contributed by atoms with Crippen molar-refractivity contribution in [2.24, 2.45) is 0 Å². The summed E-state index contributed by atoms with van der Waals surface area (Å²) in [6.07, 6.45) is 5.48. The minimum Gasteiger partial charge on any atom is -0.490 e. The summed E-state index contributed by atoms with van der Waals surface area (Å²) in [5, 5.41) is 1.15. The van der Waals surface area contributed by atoms with Crippen molar-refractivity contribution in [3.8, 4) is 5.75 Å². The van der Waals surface area contributed by atoms with Crippen molar-refractivity contribution in [2.45, 2.75) is 51.6 Å². The number of hydrogen-bond acceptors (Lipinski definition) is 3. The van der Waals surface area contributed by atoms with E-state index in [1.54, 1.807) is 18.2 Å². The summed E-state index contributed by atoms with van der Waals surface area (Å²) in [6.45, 7) is 3.28. The molecule has 2 heterocycles. The fraction of sp³-hybridized carbons (Fsp3) is 0.455. The van der Waals surface area contributed by atoms with Crippen LogP contribution < -0.4 is 4.74 Å². The Kier molecular flexibility index (Phi) is 5.30. The second-order valence-electron chi connectivity index (χ2n) is 7.15. The molecule has 144 valence electrons. The lowest BCUT2D eigenvalue weighted by Crippen LogP contribution is -2.06. The molecule has 1 atom stereocenters. The van der Waals surface area contributed by atoms with Crippen LogP contribution in [0.5, 0.6) is 5.75 Å². The Balaban J connectivity index is 1.65. The maximum Gasteiger partial charge on any atom is 0.208 e. The number of unbranched alkanes of at least 4 members (excludes halogenated alkanes) is 1. The van der Waals surface area contributed by atoms with Crippen LogP contribution in [0.25, 0.3) is 21.9 Å². The van der Waals surface area contributed by atoms with Crippen LogP contribution in [0.2, 0.25) is 0 Å². The predicted octanol–water partition coefficient (Wildman–Crippen LogP) is 6.15. The molecule has 2 aromatic carbocycles. The van der Waals surface area contributed by atoms with Gasteiger partial charge in [0.2, 0.25) is 5.82 Å². The molecule has 1 aliphatic heterocycles.